The minimum atomic E-state index is -2.13. The summed E-state index contributed by atoms with van der Waals surface area (Å²) >= 11 is 0. The Morgan fingerprint density at radius 2 is 1.89 bits per heavy atom. The molecule has 18 heavy (non-hydrogen) atoms. The standard InChI is InChI=1S/C13H22O5/c1-7(2)9-5-4-8(3)6-10(9)11(14)13(16)17-12(15)18-13/h7-11,14,16H,4-6H2,1-3H3/t8-,9+,10-,11?/m0/s1. The highest BCUT2D eigenvalue weighted by Crippen LogP contribution is 2.43. The van der Waals surface area contributed by atoms with Crippen LogP contribution in [0.4, 0.5) is 4.79 Å². The minimum absolute atomic E-state index is 0.105. The zero-order chi connectivity index (χ0) is 13.5. The van der Waals surface area contributed by atoms with E-state index in [4.69, 9.17) is 0 Å². The molecule has 0 radical (unpaired) electrons. The molecular formula is C13H22O5. The maximum Gasteiger partial charge on any atom is 0.518 e. The Kier molecular flexibility index (Phi) is 3.56. The van der Waals surface area contributed by atoms with Crippen LogP contribution in [0.5, 0.6) is 0 Å². The number of aliphatic hydroxyl groups is 2. The Morgan fingerprint density at radius 3 is 2.39 bits per heavy atom. The molecule has 5 nitrogen and oxygen atoms in total. The Hall–Kier alpha value is -0.810. The van der Waals surface area contributed by atoms with Crippen LogP contribution in [0.15, 0.2) is 0 Å². The highest BCUT2D eigenvalue weighted by Gasteiger charge is 2.58. The molecule has 2 aliphatic rings. The Morgan fingerprint density at radius 1 is 1.28 bits per heavy atom. The lowest BCUT2D eigenvalue weighted by Crippen LogP contribution is -2.62. The molecule has 104 valence electrons. The lowest BCUT2D eigenvalue weighted by atomic mass is 9.67. The van der Waals surface area contributed by atoms with Crippen LogP contribution in [0.2, 0.25) is 0 Å². The quantitative estimate of drug-likeness (QED) is 0.756. The molecule has 0 aromatic carbocycles. The van der Waals surface area contributed by atoms with Gasteiger partial charge < -0.3 is 19.7 Å². The van der Waals surface area contributed by atoms with Gasteiger partial charge in [-0.05, 0) is 36.5 Å². The average molecular weight is 258 g/mol. The van der Waals surface area contributed by atoms with Gasteiger partial charge in [-0.25, -0.2) is 4.79 Å². The van der Waals surface area contributed by atoms with Crippen molar-refractivity contribution in [3.8, 4) is 0 Å². The van der Waals surface area contributed by atoms with E-state index in [2.05, 4.69) is 30.2 Å². The van der Waals surface area contributed by atoms with E-state index in [1.165, 1.54) is 0 Å². The van der Waals surface area contributed by atoms with Crippen LogP contribution >= 0.6 is 0 Å². The largest absolute Gasteiger partial charge is 0.518 e. The van der Waals surface area contributed by atoms with Gasteiger partial charge in [0.1, 0.15) is 0 Å². The molecule has 0 bridgehead atoms. The van der Waals surface area contributed by atoms with E-state index in [0.29, 0.717) is 17.8 Å². The van der Waals surface area contributed by atoms with Crippen molar-refractivity contribution >= 4 is 6.16 Å². The van der Waals surface area contributed by atoms with Crippen LogP contribution in [-0.4, -0.2) is 28.4 Å². The normalized spacial score (nSPS) is 36.6. The number of ether oxygens (including phenoxy) is 2. The summed E-state index contributed by atoms with van der Waals surface area (Å²) in [6.45, 7) is 6.35. The van der Waals surface area contributed by atoms with Gasteiger partial charge in [-0.15, -0.1) is 0 Å². The molecule has 0 aromatic rings. The first-order valence-corrected chi connectivity index (χ1v) is 6.66. The third kappa shape index (κ3) is 2.34. The maximum atomic E-state index is 10.7. The van der Waals surface area contributed by atoms with Crippen LogP contribution in [0.25, 0.3) is 0 Å². The van der Waals surface area contributed by atoms with Crippen molar-refractivity contribution in [1.29, 1.82) is 0 Å². The molecular weight excluding hydrogens is 236 g/mol. The van der Waals surface area contributed by atoms with E-state index < -0.39 is 18.2 Å². The summed E-state index contributed by atoms with van der Waals surface area (Å²) < 4.78 is 9.10. The van der Waals surface area contributed by atoms with Crippen molar-refractivity contribution in [2.45, 2.75) is 52.1 Å². The third-order valence-electron chi connectivity index (χ3n) is 4.31. The third-order valence-corrected chi connectivity index (χ3v) is 4.31. The molecule has 4 atom stereocenters. The number of hydrogen-bond acceptors (Lipinski definition) is 5. The molecule has 2 N–H and O–H groups in total. The van der Waals surface area contributed by atoms with Gasteiger partial charge in [0, 0.05) is 0 Å². The van der Waals surface area contributed by atoms with Gasteiger partial charge in [0.05, 0.1) is 0 Å². The molecule has 1 saturated carbocycles. The molecule has 0 amide bonds. The number of hydrogen-bond donors (Lipinski definition) is 2. The summed E-state index contributed by atoms with van der Waals surface area (Å²) in [6, 6.07) is 0. The number of cyclic esters (lactones) is 2. The Labute approximate surface area is 107 Å². The van der Waals surface area contributed by atoms with E-state index in [1.807, 2.05) is 0 Å². The van der Waals surface area contributed by atoms with Gasteiger partial charge in [-0.1, -0.05) is 27.2 Å². The molecule has 2 fully saturated rings. The number of rotatable bonds is 3. The zero-order valence-electron chi connectivity index (χ0n) is 11.1. The van der Waals surface area contributed by atoms with Crippen LogP contribution in [0.1, 0.15) is 40.0 Å². The van der Waals surface area contributed by atoms with Crippen LogP contribution in [0, 0.1) is 23.7 Å². The smallest absolute Gasteiger partial charge is 0.382 e. The number of carbonyl (C=O) groups is 1. The molecule has 2 rings (SSSR count). The molecule has 1 heterocycles. The summed E-state index contributed by atoms with van der Waals surface area (Å²) in [7, 11) is 0. The van der Waals surface area contributed by atoms with Crippen molar-refractivity contribution in [3.05, 3.63) is 0 Å². The van der Waals surface area contributed by atoms with Crippen molar-refractivity contribution in [2.75, 3.05) is 0 Å². The first-order chi connectivity index (χ1) is 8.33. The van der Waals surface area contributed by atoms with Gasteiger partial charge in [0.2, 0.25) is 0 Å². The second kappa shape index (κ2) is 4.70. The fraction of sp³-hybridized carbons (Fsp3) is 0.923. The molecule has 0 aromatic heterocycles. The highest BCUT2D eigenvalue weighted by atomic mass is 17.0. The van der Waals surface area contributed by atoms with E-state index in [1.54, 1.807) is 0 Å². The second-order valence-electron chi connectivity index (χ2n) is 6.02. The number of aliphatic hydroxyl groups excluding tert-OH is 1. The number of carbonyl (C=O) groups excluding carboxylic acids is 1. The van der Waals surface area contributed by atoms with Gasteiger partial charge in [-0.3, -0.25) is 0 Å². The summed E-state index contributed by atoms with van der Waals surface area (Å²) in [5.74, 6) is -1.02. The highest BCUT2D eigenvalue weighted by molar-refractivity contribution is 5.65. The van der Waals surface area contributed by atoms with Gasteiger partial charge in [0.25, 0.3) is 0 Å². The van der Waals surface area contributed by atoms with E-state index in [-0.39, 0.29) is 5.92 Å². The zero-order valence-corrected chi connectivity index (χ0v) is 11.1. The summed E-state index contributed by atoms with van der Waals surface area (Å²) in [6.07, 6.45) is 0.857. The molecule has 1 aliphatic heterocycles. The first kappa shape index (κ1) is 13.6. The summed E-state index contributed by atoms with van der Waals surface area (Å²) in [5.41, 5.74) is 0. The fourth-order valence-corrected chi connectivity index (χ4v) is 3.28. The maximum absolute atomic E-state index is 10.7. The van der Waals surface area contributed by atoms with E-state index >= 15 is 0 Å². The summed E-state index contributed by atoms with van der Waals surface area (Å²) in [5, 5.41) is 20.1. The lowest BCUT2D eigenvalue weighted by Gasteiger charge is -2.45. The predicted octanol–water partition coefficient (Wildman–Crippen LogP) is 1.87. The molecule has 0 spiro atoms. The first-order valence-electron chi connectivity index (χ1n) is 6.66. The Balaban J connectivity index is 2.10. The molecule has 5 heteroatoms. The van der Waals surface area contributed by atoms with Gasteiger partial charge in [0.15, 0.2) is 6.10 Å². The SMILES string of the molecule is CC(C)[C@H]1CC[C@H](C)C[C@@H]1C(O)C1(O)OC(=O)O1. The predicted molar refractivity (Wildman–Crippen MR) is 63.4 cm³/mol. The van der Waals surface area contributed by atoms with Crippen molar-refractivity contribution in [2.24, 2.45) is 23.7 Å². The summed E-state index contributed by atoms with van der Waals surface area (Å²) in [4.78, 5) is 10.7. The van der Waals surface area contributed by atoms with E-state index in [9.17, 15) is 15.0 Å². The van der Waals surface area contributed by atoms with Crippen LogP contribution in [-0.2, 0) is 9.47 Å². The van der Waals surface area contributed by atoms with Crippen molar-refractivity contribution < 1.29 is 24.5 Å². The fourth-order valence-electron chi connectivity index (χ4n) is 3.28. The van der Waals surface area contributed by atoms with Crippen LogP contribution in [0.3, 0.4) is 0 Å². The lowest BCUT2D eigenvalue weighted by molar-refractivity contribution is -0.427. The monoisotopic (exact) mass is 258 g/mol. The van der Waals surface area contributed by atoms with E-state index in [0.717, 1.165) is 19.3 Å². The topological polar surface area (TPSA) is 76.0 Å². The Bertz CT molecular complexity index is 319. The second-order valence-corrected chi connectivity index (χ2v) is 6.02. The molecule has 1 unspecified atom stereocenters. The minimum Gasteiger partial charge on any atom is -0.382 e. The van der Waals surface area contributed by atoms with Crippen LogP contribution < -0.4 is 0 Å². The average Bonchev–Trinajstić information content (AvgIpc) is 2.25. The molecule has 1 aliphatic carbocycles. The van der Waals surface area contributed by atoms with Gasteiger partial charge in [-0.2, -0.15) is 0 Å². The van der Waals surface area contributed by atoms with Gasteiger partial charge >= 0.3 is 12.1 Å². The molecule has 1 saturated heterocycles. The van der Waals surface area contributed by atoms with Crippen molar-refractivity contribution in [3.63, 3.8) is 0 Å². The van der Waals surface area contributed by atoms with Crippen molar-refractivity contribution in [1.82, 2.24) is 0 Å².